The molecule has 1 fully saturated rings. The van der Waals surface area contributed by atoms with E-state index in [0.29, 0.717) is 6.61 Å². The third kappa shape index (κ3) is 2.80. The first-order valence-corrected chi connectivity index (χ1v) is 6.63. The van der Waals surface area contributed by atoms with E-state index in [1.807, 2.05) is 6.92 Å². The Labute approximate surface area is 137 Å². The quantitative estimate of drug-likeness (QED) is 0.414. The summed E-state index contributed by atoms with van der Waals surface area (Å²) in [6.45, 7) is 3.80. The van der Waals surface area contributed by atoms with Gasteiger partial charge in [-0.2, -0.15) is 0 Å². The van der Waals surface area contributed by atoms with Gasteiger partial charge in [0.25, 0.3) is 0 Å². The smallest absolute Gasteiger partial charge is 0.543 e. The van der Waals surface area contributed by atoms with E-state index >= 15 is 0 Å². The fraction of sp³-hybridized carbons (Fsp3) is 0.636. The number of thioether (sulfide) groups is 1. The number of carboxylic acid groups (broad SMARTS) is 1. The van der Waals surface area contributed by atoms with E-state index in [-0.39, 0.29) is 40.3 Å². The molecule has 1 N–H and O–H groups in total. The van der Waals surface area contributed by atoms with Crippen LogP contribution in [-0.4, -0.2) is 40.0 Å². The monoisotopic (exact) mass is 295 g/mol. The summed E-state index contributed by atoms with van der Waals surface area (Å²) in [7, 11) is 0. The molecule has 8 heteroatoms. The van der Waals surface area contributed by atoms with Crippen LogP contribution in [0, 0.1) is 5.92 Å². The van der Waals surface area contributed by atoms with E-state index in [0.717, 1.165) is 23.1 Å². The van der Waals surface area contributed by atoms with Crippen molar-refractivity contribution in [3.05, 3.63) is 10.8 Å². The minimum Gasteiger partial charge on any atom is -0.543 e. The maximum Gasteiger partial charge on any atom is 1.00 e. The number of aliphatic hydroxyl groups excluding tert-OH is 1. The topological polar surface area (TPSA) is 89.9 Å². The van der Waals surface area contributed by atoms with Crippen LogP contribution in [0.2, 0.25) is 0 Å². The molecule has 6 nitrogen and oxygen atoms in total. The summed E-state index contributed by atoms with van der Waals surface area (Å²) in [6.07, 6.45) is -0.0668. The zero-order valence-corrected chi connectivity index (χ0v) is 13.9. The number of aliphatic carboxylic acids is 1. The van der Waals surface area contributed by atoms with Crippen LogP contribution < -0.4 is 34.7 Å². The number of rotatable bonds is 5. The van der Waals surface area contributed by atoms with Gasteiger partial charge in [0.1, 0.15) is 11.1 Å². The number of carbonyl (C=O) groups is 2. The average molecular weight is 295 g/mol. The number of amides is 1. The number of β-lactam (4-membered cyclic amide) rings is 1. The number of ether oxygens (including phenoxy) is 1. The molecule has 0 radical (unpaired) electrons. The van der Waals surface area contributed by atoms with Gasteiger partial charge < -0.3 is 19.7 Å². The Bertz CT molecular complexity index is 425. The number of carboxylic acids is 1. The van der Waals surface area contributed by atoms with E-state index < -0.39 is 29.3 Å². The second-order valence-corrected chi connectivity index (χ2v) is 5.34. The molecule has 0 aromatic heterocycles. The molecular formula is C11H14NNaO5S. The molecule has 0 bridgehead atoms. The van der Waals surface area contributed by atoms with Crippen LogP contribution in [0.3, 0.4) is 0 Å². The second-order valence-electron chi connectivity index (χ2n) is 4.26. The van der Waals surface area contributed by atoms with Gasteiger partial charge in [-0.1, -0.05) is 18.7 Å². The van der Waals surface area contributed by atoms with Gasteiger partial charge in [0.2, 0.25) is 5.91 Å². The van der Waals surface area contributed by atoms with Gasteiger partial charge in [-0.15, -0.1) is 0 Å². The van der Waals surface area contributed by atoms with Crippen molar-refractivity contribution in [1.82, 2.24) is 4.90 Å². The van der Waals surface area contributed by atoms with Crippen molar-refractivity contribution in [3.63, 3.8) is 0 Å². The zero-order chi connectivity index (χ0) is 13.4. The van der Waals surface area contributed by atoms with Crippen LogP contribution in [0.15, 0.2) is 10.8 Å². The molecule has 19 heavy (non-hydrogen) atoms. The molecule has 2 aliphatic heterocycles. The molecular weight excluding hydrogens is 281 g/mol. The van der Waals surface area contributed by atoms with Crippen LogP contribution in [0.25, 0.3) is 0 Å². The molecule has 2 rings (SSSR count). The van der Waals surface area contributed by atoms with Gasteiger partial charge >= 0.3 is 29.6 Å². The number of hydrogen-bond donors (Lipinski definition) is 1. The van der Waals surface area contributed by atoms with Crippen molar-refractivity contribution < 1.29 is 54.1 Å². The van der Waals surface area contributed by atoms with Crippen molar-refractivity contribution in [2.75, 3.05) is 6.61 Å². The van der Waals surface area contributed by atoms with E-state index in [1.54, 1.807) is 0 Å². The molecule has 0 unspecified atom stereocenters. The summed E-state index contributed by atoms with van der Waals surface area (Å²) in [5.41, 5.74) is -0.208. The number of carbonyl (C=O) groups excluding carboxylic acids is 2. The number of aliphatic hydroxyl groups is 1. The molecule has 0 aromatic carbocycles. The predicted octanol–water partition coefficient (Wildman–Crippen LogP) is -3.75. The summed E-state index contributed by atoms with van der Waals surface area (Å²) in [5.74, 6) is -2.39. The fourth-order valence-corrected chi connectivity index (χ4v) is 3.51. The van der Waals surface area contributed by atoms with Crippen LogP contribution in [0.5, 0.6) is 0 Å². The zero-order valence-electron chi connectivity index (χ0n) is 11.1. The van der Waals surface area contributed by atoms with Crippen molar-refractivity contribution >= 4 is 23.6 Å². The standard InChI is InChI=1S/C11H15NO5S.Na/c1-3-4-17-11-7(10(15)16)12-8(14)6(5(2)13)9(12)18-11;/h5-6,9,13H,3-4H2,1-2H3,(H,15,16);/q;+1/p-1/t5-,6+,9-;/m1./s1. The molecule has 0 aromatic rings. The van der Waals surface area contributed by atoms with Crippen molar-refractivity contribution in [3.8, 4) is 0 Å². The summed E-state index contributed by atoms with van der Waals surface area (Å²) in [5, 5.41) is 20.4. The number of hydrogen-bond acceptors (Lipinski definition) is 6. The number of nitrogens with zero attached hydrogens (tertiary/aromatic N) is 1. The fourth-order valence-electron chi connectivity index (χ4n) is 2.04. The van der Waals surface area contributed by atoms with Crippen molar-refractivity contribution in [2.45, 2.75) is 31.7 Å². The summed E-state index contributed by atoms with van der Waals surface area (Å²) < 4.78 is 5.33. The molecule has 2 aliphatic rings. The first kappa shape index (κ1) is 16.8. The minimum absolute atomic E-state index is 0. The molecule has 1 amide bonds. The average Bonchev–Trinajstić information content (AvgIpc) is 2.60. The Morgan fingerprint density at radius 3 is 2.74 bits per heavy atom. The normalized spacial score (nSPS) is 26.5. The van der Waals surface area contributed by atoms with E-state index in [9.17, 15) is 19.8 Å². The predicted molar refractivity (Wildman–Crippen MR) is 61.7 cm³/mol. The molecule has 0 aliphatic carbocycles. The Hall–Kier alpha value is -0.210. The first-order chi connectivity index (χ1) is 8.49. The maximum absolute atomic E-state index is 11.8. The summed E-state index contributed by atoms with van der Waals surface area (Å²) in [4.78, 5) is 24.0. The van der Waals surface area contributed by atoms with E-state index in [1.165, 1.54) is 6.92 Å². The third-order valence-electron chi connectivity index (χ3n) is 2.90. The largest absolute Gasteiger partial charge is 1.00 e. The summed E-state index contributed by atoms with van der Waals surface area (Å²) >= 11 is 1.16. The molecule has 2 heterocycles. The van der Waals surface area contributed by atoms with Crippen LogP contribution in [-0.2, 0) is 14.3 Å². The Balaban J connectivity index is 0.00000180. The van der Waals surface area contributed by atoms with Gasteiger partial charge in [0.15, 0.2) is 5.09 Å². The SMILES string of the molecule is CCCOC1=C(C(=O)[O-])N2C(=O)[C@H]([C@@H](C)O)[C@H]2S1.[Na+]. The van der Waals surface area contributed by atoms with Gasteiger partial charge in [-0.3, -0.25) is 9.69 Å². The molecule has 0 saturated carbocycles. The Morgan fingerprint density at radius 2 is 2.26 bits per heavy atom. The van der Waals surface area contributed by atoms with Crippen LogP contribution in [0.4, 0.5) is 0 Å². The summed E-state index contributed by atoms with van der Waals surface area (Å²) in [6, 6.07) is 0. The van der Waals surface area contributed by atoms with Crippen molar-refractivity contribution in [2.24, 2.45) is 5.92 Å². The van der Waals surface area contributed by atoms with Gasteiger partial charge in [0.05, 0.1) is 24.6 Å². The Kier molecular flexibility index (Phi) is 5.76. The first-order valence-electron chi connectivity index (χ1n) is 5.75. The Morgan fingerprint density at radius 1 is 1.63 bits per heavy atom. The molecule has 3 atom stereocenters. The molecule has 1 saturated heterocycles. The second kappa shape index (κ2) is 6.49. The third-order valence-corrected chi connectivity index (χ3v) is 4.17. The van der Waals surface area contributed by atoms with Gasteiger partial charge in [-0.05, 0) is 13.3 Å². The van der Waals surface area contributed by atoms with Crippen LogP contribution in [0.1, 0.15) is 20.3 Å². The maximum atomic E-state index is 11.8. The minimum atomic E-state index is -1.42. The van der Waals surface area contributed by atoms with Crippen molar-refractivity contribution in [1.29, 1.82) is 0 Å². The van der Waals surface area contributed by atoms with Crippen LogP contribution >= 0.6 is 11.8 Å². The molecule has 0 spiro atoms. The van der Waals surface area contributed by atoms with Gasteiger partial charge in [0, 0.05) is 0 Å². The number of fused-ring (bicyclic) bond motifs is 1. The van der Waals surface area contributed by atoms with E-state index in [2.05, 4.69) is 0 Å². The van der Waals surface area contributed by atoms with Gasteiger partial charge in [-0.25, -0.2) is 0 Å². The molecule has 100 valence electrons. The van der Waals surface area contributed by atoms with E-state index in [4.69, 9.17) is 4.74 Å².